The van der Waals surface area contributed by atoms with Crippen LogP contribution in [0.3, 0.4) is 0 Å². The first-order valence-electron chi connectivity index (χ1n) is 8.40. The fourth-order valence-corrected chi connectivity index (χ4v) is 3.32. The molecule has 0 aromatic heterocycles. The smallest absolute Gasteiger partial charge is 0.251 e. The number of rotatable bonds is 6. The van der Waals surface area contributed by atoms with E-state index in [2.05, 4.69) is 17.6 Å². The lowest BCUT2D eigenvalue weighted by molar-refractivity contribution is 0.0944. The zero-order valence-corrected chi connectivity index (χ0v) is 13.7. The highest BCUT2D eigenvalue weighted by atomic mass is 16.3. The summed E-state index contributed by atoms with van der Waals surface area (Å²) in [7, 11) is 0. The number of carbonyl (C=O) groups is 1. The zero-order chi connectivity index (χ0) is 15.9. The molecule has 1 aliphatic carbocycles. The van der Waals surface area contributed by atoms with Gasteiger partial charge in [0.05, 0.1) is 6.61 Å². The molecule has 2 atom stereocenters. The van der Waals surface area contributed by atoms with Gasteiger partial charge in [0.1, 0.15) is 0 Å². The first-order valence-corrected chi connectivity index (χ1v) is 8.40. The molecule has 3 N–H and O–H groups in total. The van der Waals surface area contributed by atoms with Crippen molar-refractivity contribution in [1.29, 1.82) is 0 Å². The quantitative estimate of drug-likeness (QED) is 0.757. The number of benzene rings is 1. The molecule has 4 nitrogen and oxygen atoms in total. The van der Waals surface area contributed by atoms with Crippen molar-refractivity contribution >= 4 is 11.6 Å². The van der Waals surface area contributed by atoms with Gasteiger partial charge in [-0.15, -0.1) is 0 Å². The maximum absolute atomic E-state index is 12.1. The number of anilines is 1. The molecular formula is C18H28N2O2. The van der Waals surface area contributed by atoms with Crippen LogP contribution < -0.4 is 10.6 Å². The molecule has 0 aliphatic heterocycles. The van der Waals surface area contributed by atoms with E-state index in [1.807, 2.05) is 25.1 Å². The van der Waals surface area contributed by atoms with Gasteiger partial charge in [-0.1, -0.05) is 32.3 Å². The van der Waals surface area contributed by atoms with Crippen molar-refractivity contribution in [2.45, 2.75) is 52.0 Å². The maximum atomic E-state index is 12.1. The van der Waals surface area contributed by atoms with Crippen LogP contribution in [0.1, 0.15) is 54.9 Å². The van der Waals surface area contributed by atoms with Gasteiger partial charge < -0.3 is 15.7 Å². The van der Waals surface area contributed by atoms with Gasteiger partial charge in [-0.2, -0.15) is 0 Å². The molecule has 0 heterocycles. The molecule has 0 spiro atoms. The van der Waals surface area contributed by atoms with Crippen LogP contribution in [0.25, 0.3) is 0 Å². The lowest BCUT2D eigenvalue weighted by Gasteiger charge is -2.30. The highest BCUT2D eigenvalue weighted by Gasteiger charge is 2.21. The van der Waals surface area contributed by atoms with Gasteiger partial charge in [-0.25, -0.2) is 0 Å². The number of aliphatic hydroxyl groups is 1. The molecular weight excluding hydrogens is 276 g/mol. The van der Waals surface area contributed by atoms with Crippen LogP contribution in [0.15, 0.2) is 18.2 Å². The van der Waals surface area contributed by atoms with Crippen molar-refractivity contribution in [2.75, 3.05) is 18.5 Å². The van der Waals surface area contributed by atoms with Crippen LogP contribution in [-0.2, 0) is 0 Å². The first kappa shape index (κ1) is 16.8. The third-order valence-corrected chi connectivity index (χ3v) is 4.70. The predicted octanol–water partition coefficient (Wildman–Crippen LogP) is 3.10. The second-order valence-electron chi connectivity index (χ2n) is 6.24. The minimum absolute atomic E-state index is 0.0385. The van der Waals surface area contributed by atoms with E-state index in [4.69, 9.17) is 5.11 Å². The Hall–Kier alpha value is -1.55. The van der Waals surface area contributed by atoms with Gasteiger partial charge in [0.2, 0.25) is 0 Å². The average Bonchev–Trinajstić information content (AvgIpc) is 2.54. The third-order valence-electron chi connectivity index (χ3n) is 4.70. The van der Waals surface area contributed by atoms with Gasteiger partial charge in [-0.3, -0.25) is 4.79 Å². The van der Waals surface area contributed by atoms with E-state index in [1.54, 1.807) is 0 Å². The summed E-state index contributed by atoms with van der Waals surface area (Å²) in [5, 5.41) is 15.2. The Morgan fingerprint density at radius 2 is 2.18 bits per heavy atom. The van der Waals surface area contributed by atoms with E-state index >= 15 is 0 Å². The lowest BCUT2D eigenvalue weighted by atomic mass is 9.84. The van der Waals surface area contributed by atoms with Crippen LogP contribution in [0.2, 0.25) is 0 Å². The molecule has 0 bridgehead atoms. The van der Waals surface area contributed by atoms with E-state index in [0.29, 0.717) is 11.6 Å². The van der Waals surface area contributed by atoms with Crippen molar-refractivity contribution in [3.05, 3.63) is 29.3 Å². The van der Waals surface area contributed by atoms with E-state index in [1.165, 1.54) is 32.1 Å². The van der Waals surface area contributed by atoms with Crippen LogP contribution >= 0.6 is 0 Å². The summed E-state index contributed by atoms with van der Waals surface area (Å²) in [6.07, 6.45) is 6.30. The Labute approximate surface area is 133 Å². The summed E-state index contributed by atoms with van der Waals surface area (Å²) >= 11 is 0. The fraction of sp³-hybridized carbons (Fsp3) is 0.611. The van der Waals surface area contributed by atoms with E-state index in [9.17, 15) is 4.79 Å². The normalized spacial score (nSPS) is 21.4. The minimum Gasteiger partial charge on any atom is -0.395 e. The Morgan fingerprint density at radius 3 is 2.91 bits per heavy atom. The first-order chi connectivity index (χ1) is 10.7. The second-order valence-corrected chi connectivity index (χ2v) is 6.24. The Kier molecular flexibility index (Phi) is 6.25. The van der Waals surface area contributed by atoms with Crippen molar-refractivity contribution in [3.8, 4) is 0 Å². The number of nitrogens with one attached hydrogen (secondary N) is 2. The van der Waals surface area contributed by atoms with Crippen LogP contribution in [0.5, 0.6) is 0 Å². The maximum Gasteiger partial charge on any atom is 0.251 e. The second kappa shape index (κ2) is 8.18. The van der Waals surface area contributed by atoms with Crippen LogP contribution in [0, 0.1) is 12.8 Å². The lowest BCUT2D eigenvalue weighted by Crippen LogP contribution is -2.29. The molecule has 1 fully saturated rings. The van der Waals surface area contributed by atoms with Gasteiger partial charge in [-0.05, 0) is 43.4 Å². The van der Waals surface area contributed by atoms with Crippen molar-refractivity contribution in [2.24, 2.45) is 5.92 Å². The standard InChI is InChI=1S/C18H28N2O2/c1-3-14-6-4-7-15(12-14)20-17-9-5-8-16(13(17)2)18(22)19-10-11-21/h5,8-9,14-15,20-21H,3-4,6-7,10-12H2,1-2H3,(H,19,22). The van der Waals surface area contributed by atoms with E-state index < -0.39 is 0 Å². The summed E-state index contributed by atoms with van der Waals surface area (Å²) in [6.45, 7) is 4.50. The summed E-state index contributed by atoms with van der Waals surface area (Å²) in [6, 6.07) is 6.31. The highest BCUT2D eigenvalue weighted by molar-refractivity contribution is 5.97. The van der Waals surface area contributed by atoms with E-state index in [-0.39, 0.29) is 19.1 Å². The summed E-state index contributed by atoms with van der Waals surface area (Å²) in [5.74, 6) is 0.702. The van der Waals surface area contributed by atoms with Gasteiger partial charge in [0, 0.05) is 23.8 Å². The molecule has 1 aromatic rings. The predicted molar refractivity (Wildman–Crippen MR) is 90.3 cm³/mol. The van der Waals surface area contributed by atoms with Crippen LogP contribution in [-0.4, -0.2) is 30.2 Å². The van der Waals surface area contributed by atoms with Crippen molar-refractivity contribution in [3.63, 3.8) is 0 Å². The Bertz CT molecular complexity index is 502. The summed E-state index contributed by atoms with van der Waals surface area (Å²) in [5.41, 5.74) is 2.72. The topological polar surface area (TPSA) is 61.4 Å². The fourth-order valence-electron chi connectivity index (χ4n) is 3.32. The summed E-state index contributed by atoms with van der Waals surface area (Å²) < 4.78 is 0. The van der Waals surface area contributed by atoms with Gasteiger partial charge >= 0.3 is 0 Å². The van der Waals surface area contributed by atoms with Crippen LogP contribution in [0.4, 0.5) is 5.69 Å². The molecule has 1 aromatic carbocycles. The average molecular weight is 304 g/mol. The molecule has 0 saturated heterocycles. The Morgan fingerprint density at radius 1 is 1.36 bits per heavy atom. The number of carbonyl (C=O) groups excluding carboxylic acids is 1. The van der Waals surface area contributed by atoms with Gasteiger partial charge in [0.25, 0.3) is 5.91 Å². The molecule has 2 unspecified atom stereocenters. The largest absolute Gasteiger partial charge is 0.395 e. The molecule has 4 heteroatoms. The summed E-state index contributed by atoms with van der Waals surface area (Å²) in [4.78, 5) is 12.1. The molecule has 1 amide bonds. The van der Waals surface area contributed by atoms with Gasteiger partial charge in [0.15, 0.2) is 0 Å². The molecule has 22 heavy (non-hydrogen) atoms. The Balaban J connectivity index is 2.06. The molecule has 1 saturated carbocycles. The number of hydrogen-bond donors (Lipinski definition) is 3. The number of aliphatic hydroxyl groups excluding tert-OH is 1. The molecule has 122 valence electrons. The molecule has 2 rings (SSSR count). The minimum atomic E-state index is -0.120. The third kappa shape index (κ3) is 4.23. The molecule has 1 aliphatic rings. The monoisotopic (exact) mass is 304 g/mol. The van der Waals surface area contributed by atoms with E-state index in [0.717, 1.165) is 17.2 Å². The van der Waals surface area contributed by atoms with Crippen molar-refractivity contribution < 1.29 is 9.90 Å². The zero-order valence-electron chi connectivity index (χ0n) is 13.7. The number of amides is 1. The SMILES string of the molecule is CCC1CCCC(Nc2cccc(C(=O)NCCO)c2C)C1. The molecule has 0 radical (unpaired) electrons. The number of hydrogen-bond acceptors (Lipinski definition) is 3. The highest BCUT2D eigenvalue weighted by Crippen LogP contribution is 2.30. The van der Waals surface area contributed by atoms with Crippen molar-refractivity contribution in [1.82, 2.24) is 5.32 Å².